The van der Waals surface area contributed by atoms with E-state index in [-0.39, 0.29) is 35.7 Å². The number of rotatable bonds is 1. The lowest BCUT2D eigenvalue weighted by atomic mass is 10.1. The summed E-state index contributed by atoms with van der Waals surface area (Å²) in [5.74, 6) is -1.50. The van der Waals surface area contributed by atoms with Crippen LogP contribution in [0.3, 0.4) is 0 Å². The summed E-state index contributed by atoms with van der Waals surface area (Å²) >= 11 is 0. The molecule has 3 rings (SSSR count). The van der Waals surface area contributed by atoms with Crippen LogP contribution in [-0.2, 0) is 0 Å². The van der Waals surface area contributed by atoms with Crippen LogP contribution in [0.15, 0.2) is 45.6 Å². The Bertz CT molecular complexity index is 893. The Morgan fingerprint density at radius 2 is 1.50 bits per heavy atom. The van der Waals surface area contributed by atoms with Crippen molar-refractivity contribution in [3.05, 3.63) is 46.6 Å². The van der Waals surface area contributed by atoms with Gasteiger partial charge in [-0.3, -0.25) is 4.79 Å². The van der Waals surface area contributed by atoms with E-state index in [4.69, 9.17) is 4.42 Å². The van der Waals surface area contributed by atoms with Gasteiger partial charge in [-0.1, -0.05) is 7.43 Å². The molecular weight excluding hydrogens is 288 g/mol. The smallest absolute Gasteiger partial charge is 0.238 e. The third-order valence-corrected chi connectivity index (χ3v) is 3.06. The molecular formula is C16H14O6. The highest BCUT2D eigenvalue weighted by Gasteiger charge is 2.18. The average Bonchev–Trinajstić information content (AvgIpc) is 2.43. The van der Waals surface area contributed by atoms with E-state index in [1.165, 1.54) is 30.3 Å². The Morgan fingerprint density at radius 3 is 2.14 bits per heavy atom. The number of phenolic OH excluding ortho intramolecular Hbond substituents is 3. The molecule has 114 valence electrons. The molecule has 0 fully saturated rings. The van der Waals surface area contributed by atoms with Crippen molar-refractivity contribution in [1.29, 1.82) is 0 Å². The molecule has 0 aliphatic heterocycles. The molecule has 1 aromatic heterocycles. The number of phenols is 3. The van der Waals surface area contributed by atoms with Crippen LogP contribution in [0.2, 0.25) is 0 Å². The quantitative estimate of drug-likeness (QED) is 0.550. The monoisotopic (exact) mass is 302 g/mol. The predicted molar refractivity (Wildman–Crippen MR) is 81.3 cm³/mol. The Labute approximate surface area is 125 Å². The van der Waals surface area contributed by atoms with Crippen LogP contribution in [0, 0.1) is 0 Å². The van der Waals surface area contributed by atoms with Crippen LogP contribution in [-0.4, -0.2) is 20.4 Å². The lowest BCUT2D eigenvalue weighted by Gasteiger charge is -2.07. The van der Waals surface area contributed by atoms with Gasteiger partial charge in [0, 0.05) is 17.7 Å². The van der Waals surface area contributed by atoms with Crippen LogP contribution in [0.1, 0.15) is 7.43 Å². The molecule has 0 amide bonds. The average molecular weight is 302 g/mol. The molecule has 4 N–H and O–H groups in total. The fraction of sp³-hybridized carbons (Fsp3) is 0.0625. The number of benzene rings is 2. The summed E-state index contributed by atoms with van der Waals surface area (Å²) in [4.78, 5) is 12.1. The summed E-state index contributed by atoms with van der Waals surface area (Å²) in [6.45, 7) is 0. The maximum Gasteiger partial charge on any atom is 0.238 e. The Morgan fingerprint density at radius 1 is 0.864 bits per heavy atom. The minimum Gasteiger partial charge on any atom is -0.508 e. The fourth-order valence-corrected chi connectivity index (χ4v) is 2.08. The molecule has 22 heavy (non-hydrogen) atoms. The van der Waals surface area contributed by atoms with Crippen LogP contribution >= 0.6 is 0 Å². The molecule has 3 aromatic rings. The highest BCUT2D eigenvalue weighted by Crippen LogP contribution is 2.35. The summed E-state index contributed by atoms with van der Waals surface area (Å²) in [5, 5.41) is 38.1. The van der Waals surface area contributed by atoms with E-state index in [0.29, 0.717) is 5.56 Å². The van der Waals surface area contributed by atoms with Crippen LogP contribution in [0.25, 0.3) is 22.3 Å². The molecule has 1 heterocycles. The van der Waals surface area contributed by atoms with Crippen molar-refractivity contribution in [3.63, 3.8) is 0 Å². The Kier molecular flexibility index (Phi) is 3.69. The maximum atomic E-state index is 12.1. The topological polar surface area (TPSA) is 111 Å². The maximum absolute atomic E-state index is 12.1. The van der Waals surface area contributed by atoms with Gasteiger partial charge >= 0.3 is 0 Å². The van der Waals surface area contributed by atoms with Crippen molar-refractivity contribution in [3.8, 4) is 34.3 Å². The third-order valence-electron chi connectivity index (χ3n) is 3.06. The van der Waals surface area contributed by atoms with Gasteiger partial charge in [-0.2, -0.15) is 0 Å². The molecule has 6 heteroatoms. The second-order valence-electron chi connectivity index (χ2n) is 4.49. The van der Waals surface area contributed by atoms with Gasteiger partial charge in [-0.15, -0.1) is 0 Å². The first-order chi connectivity index (χ1) is 9.97. The molecule has 0 spiro atoms. The van der Waals surface area contributed by atoms with Crippen molar-refractivity contribution >= 4 is 11.0 Å². The third kappa shape index (κ3) is 2.31. The fourth-order valence-electron chi connectivity index (χ4n) is 2.08. The van der Waals surface area contributed by atoms with Crippen molar-refractivity contribution in [2.45, 2.75) is 7.43 Å². The molecule has 2 aromatic carbocycles. The van der Waals surface area contributed by atoms with E-state index < -0.39 is 16.9 Å². The first-order valence-electron chi connectivity index (χ1n) is 5.98. The van der Waals surface area contributed by atoms with Gasteiger partial charge in [0.05, 0.1) is 0 Å². The Hall–Kier alpha value is -3.15. The number of hydrogen-bond acceptors (Lipinski definition) is 6. The van der Waals surface area contributed by atoms with Crippen molar-refractivity contribution < 1.29 is 24.8 Å². The summed E-state index contributed by atoms with van der Waals surface area (Å²) in [5.41, 5.74) is -0.498. The Balaban J connectivity index is 0.00000176. The summed E-state index contributed by atoms with van der Waals surface area (Å²) in [6.07, 6.45) is 0. The second-order valence-corrected chi connectivity index (χ2v) is 4.49. The summed E-state index contributed by atoms with van der Waals surface area (Å²) < 4.78 is 5.41. The first-order valence-corrected chi connectivity index (χ1v) is 5.98. The zero-order valence-electron chi connectivity index (χ0n) is 10.6. The van der Waals surface area contributed by atoms with Crippen LogP contribution in [0.5, 0.6) is 23.0 Å². The highest BCUT2D eigenvalue weighted by atomic mass is 16.4. The van der Waals surface area contributed by atoms with Gasteiger partial charge in [0.1, 0.15) is 28.2 Å². The zero-order chi connectivity index (χ0) is 15.1. The minimum atomic E-state index is -0.808. The molecule has 0 aliphatic carbocycles. The van der Waals surface area contributed by atoms with Gasteiger partial charge in [0.25, 0.3) is 0 Å². The SMILES string of the molecule is C.O=c1c(O)c(-c2ccc(O)cc2)oc2cc(O)cc(O)c12. The number of hydrogen-bond donors (Lipinski definition) is 4. The molecule has 0 saturated carbocycles. The van der Waals surface area contributed by atoms with E-state index in [0.717, 1.165) is 6.07 Å². The number of aromatic hydroxyl groups is 4. The molecule has 0 atom stereocenters. The second kappa shape index (κ2) is 5.33. The lowest BCUT2D eigenvalue weighted by Crippen LogP contribution is -2.02. The first kappa shape index (κ1) is 15.2. The highest BCUT2D eigenvalue weighted by molar-refractivity contribution is 5.88. The van der Waals surface area contributed by atoms with Gasteiger partial charge < -0.3 is 24.8 Å². The molecule has 0 unspecified atom stereocenters. The van der Waals surface area contributed by atoms with Gasteiger partial charge in [0.15, 0.2) is 5.76 Å². The number of fused-ring (bicyclic) bond motifs is 1. The molecule has 0 radical (unpaired) electrons. The van der Waals surface area contributed by atoms with E-state index in [2.05, 4.69) is 0 Å². The normalized spacial score (nSPS) is 10.4. The standard InChI is InChI=1S/C15H10O6.CH4/c16-8-3-1-7(2-4-8)15-14(20)13(19)12-10(18)5-9(17)6-11(12)21-15;/h1-6,16-18,20H;1H4. The predicted octanol–water partition coefficient (Wildman–Crippen LogP) is 2.92. The van der Waals surface area contributed by atoms with Crippen LogP contribution in [0.4, 0.5) is 0 Å². The molecule has 0 bridgehead atoms. The molecule has 6 nitrogen and oxygen atoms in total. The molecule has 0 saturated heterocycles. The summed E-state index contributed by atoms with van der Waals surface area (Å²) in [7, 11) is 0. The zero-order valence-corrected chi connectivity index (χ0v) is 10.6. The van der Waals surface area contributed by atoms with Crippen molar-refractivity contribution in [2.75, 3.05) is 0 Å². The van der Waals surface area contributed by atoms with E-state index in [1.54, 1.807) is 0 Å². The summed E-state index contributed by atoms with van der Waals surface area (Å²) in [6, 6.07) is 7.82. The van der Waals surface area contributed by atoms with Gasteiger partial charge in [-0.05, 0) is 24.3 Å². The van der Waals surface area contributed by atoms with E-state index in [1.807, 2.05) is 0 Å². The van der Waals surface area contributed by atoms with Gasteiger partial charge in [0.2, 0.25) is 11.2 Å². The minimum absolute atomic E-state index is 0. The lowest BCUT2D eigenvalue weighted by molar-refractivity contribution is 0.438. The largest absolute Gasteiger partial charge is 0.508 e. The molecule has 0 aliphatic rings. The van der Waals surface area contributed by atoms with Crippen molar-refractivity contribution in [2.24, 2.45) is 0 Å². The van der Waals surface area contributed by atoms with E-state index in [9.17, 15) is 25.2 Å². The van der Waals surface area contributed by atoms with Gasteiger partial charge in [-0.25, -0.2) is 0 Å². The van der Waals surface area contributed by atoms with Crippen LogP contribution < -0.4 is 5.43 Å². The van der Waals surface area contributed by atoms with E-state index >= 15 is 0 Å². The van der Waals surface area contributed by atoms with Crippen molar-refractivity contribution in [1.82, 2.24) is 0 Å².